The highest BCUT2D eigenvalue weighted by Gasteiger charge is 2.27. The number of nitrogens with two attached hydrogens (primary N) is 1. The third kappa shape index (κ3) is 2.26. The number of methoxy groups -OCH3 is 1. The van der Waals surface area contributed by atoms with Gasteiger partial charge in [0.15, 0.2) is 0 Å². The zero-order chi connectivity index (χ0) is 13.3. The Morgan fingerprint density at radius 2 is 2.11 bits per heavy atom. The van der Waals surface area contributed by atoms with E-state index in [-0.39, 0.29) is 0 Å². The molecule has 18 heavy (non-hydrogen) atoms. The van der Waals surface area contributed by atoms with E-state index in [0.29, 0.717) is 23.0 Å². The van der Waals surface area contributed by atoms with E-state index in [1.165, 1.54) is 0 Å². The molecule has 0 bridgehead atoms. The molecule has 1 aromatic carbocycles. The lowest BCUT2D eigenvalue weighted by Gasteiger charge is -2.17. The highest BCUT2D eigenvalue weighted by Crippen LogP contribution is 2.32. The lowest BCUT2D eigenvalue weighted by atomic mass is 10.1. The van der Waals surface area contributed by atoms with E-state index in [2.05, 4.69) is 26.1 Å². The van der Waals surface area contributed by atoms with E-state index in [0.717, 1.165) is 4.47 Å². The fourth-order valence-corrected chi connectivity index (χ4v) is 1.76. The Labute approximate surface area is 113 Å². The van der Waals surface area contributed by atoms with Gasteiger partial charge in [-0.2, -0.15) is 4.98 Å². The van der Waals surface area contributed by atoms with E-state index in [1.807, 2.05) is 32.0 Å². The minimum atomic E-state index is -0.595. The lowest BCUT2D eigenvalue weighted by molar-refractivity contribution is 0.00973. The van der Waals surface area contributed by atoms with Gasteiger partial charge >= 0.3 is 0 Å². The van der Waals surface area contributed by atoms with Gasteiger partial charge in [-0.15, -0.1) is 0 Å². The van der Waals surface area contributed by atoms with Gasteiger partial charge in [0, 0.05) is 11.6 Å². The number of hydrogen-bond acceptors (Lipinski definition) is 5. The van der Waals surface area contributed by atoms with Crippen LogP contribution >= 0.6 is 15.9 Å². The van der Waals surface area contributed by atoms with Crippen molar-refractivity contribution in [3.8, 4) is 11.5 Å². The molecule has 0 spiro atoms. The summed E-state index contributed by atoms with van der Waals surface area (Å²) in [4.78, 5) is 4.32. The largest absolute Gasteiger partial charge is 0.397 e. The highest BCUT2D eigenvalue weighted by atomic mass is 79.9. The summed E-state index contributed by atoms with van der Waals surface area (Å²) in [6.45, 7) is 3.73. The summed E-state index contributed by atoms with van der Waals surface area (Å²) in [6.07, 6.45) is 0. The number of para-hydroxylation sites is 1. The molecule has 0 atom stereocenters. The second kappa shape index (κ2) is 4.70. The maximum Gasteiger partial charge on any atom is 0.260 e. The van der Waals surface area contributed by atoms with Crippen molar-refractivity contribution in [2.75, 3.05) is 12.8 Å². The smallest absolute Gasteiger partial charge is 0.260 e. The molecule has 0 fully saturated rings. The maximum atomic E-state index is 5.96. The standard InChI is InChI=1S/C12H14BrN3O2/c1-12(2,17-3)11-15-10(18-16-11)7-5-4-6-8(13)9(7)14/h4-6H,14H2,1-3H3. The van der Waals surface area contributed by atoms with E-state index in [9.17, 15) is 0 Å². The molecular formula is C12H14BrN3O2. The average molecular weight is 312 g/mol. The average Bonchev–Trinajstić information content (AvgIpc) is 2.82. The van der Waals surface area contributed by atoms with Gasteiger partial charge < -0.3 is 15.0 Å². The number of halogens is 1. The van der Waals surface area contributed by atoms with Crippen molar-refractivity contribution in [2.24, 2.45) is 0 Å². The van der Waals surface area contributed by atoms with E-state index < -0.39 is 5.60 Å². The summed E-state index contributed by atoms with van der Waals surface area (Å²) >= 11 is 3.36. The zero-order valence-corrected chi connectivity index (χ0v) is 12.0. The summed E-state index contributed by atoms with van der Waals surface area (Å²) in [5.74, 6) is 0.869. The number of benzene rings is 1. The number of ether oxygens (including phenoxy) is 1. The predicted octanol–water partition coefficient (Wildman–Crippen LogP) is 2.96. The molecule has 96 valence electrons. The molecule has 1 heterocycles. The van der Waals surface area contributed by atoms with Crippen LogP contribution in [0.2, 0.25) is 0 Å². The van der Waals surface area contributed by atoms with Crippen molar-refractivity contribution in [1.82, 2.24) is 10.1 Å². The van der Waals surface area contributed by atoms with Gasteiger partial charge in [-0.25, -0.2) is 0 Å². The van der Waals surface area contributed by atoms with Gasteiger partial charge in [0.1, 0.15) is 5.60 Å². The van der Waals surface area contributed by atoms with Crippen molar-refractivity contribution < 1.29 is 9.26 Å². The first-order valence-electron chi connectivity index (χ1n) is 5.39. The molecule has 2 rings (SSSR count). The van der Waals surface area contributed by atoms with Crippen molar-refractivity contribution >= 4 is 21.6 Å². The first kappa shape index (κ1) is 13.0. The first-order chi connectivity index (χ1) is 8.45. The van der Waals surface area contributed by atoms with Gasteiger partial charge in [-0.1, -0.05) is 11.2 Å². The molecule has 0 amide bonds. The Bertz CT molecular complexity index is 566. The van der Waals surface area contributed by atoms with Crippen LogP contribution in [-0.2, 0) is 10.3 Å². The molecule has 0 radical (unpaired) electrons. The fourth-order valence-electron chi connectivity index (χ4n) is 1.39. The van der Waals surface area contributed by atoms with Crippen LogP contribution in [0, 0.1) is 0 Å². The summed E-state index contributed by atoms with van der Waals surface area (Å²) in [5, 5.41) is 3.92. The van der Waals surface area contributed by atoms with Crippen LogP contribution in [0.5, 0.6) is 0 Å². The van der Waals surface area contributed by atoms with Crippen molar-refractivity contribution in [3.05, 3.63) is 28.5 Å². The second-order valence-electron chi connectivity index (χ2n) is 4.34. The minimum absolute atomic E-state index is 0.383. The highest BCUT2D eigenvalue weighted by molar-refractivity contribution is 9.10. The van der Waals surface area contributed by atoms with Crippen molar-refractivity contribution in [2.45, 2.75) is 19.4 Å². The second-order valence-corrected chi connectivity index (χ2v) is 5.19. The molecule has 0 saturated carbocycles. The van der Waals surface area contributed by atoms with Crippen LogP contribution < -0.4 is 5.73 Å². The summed E-state index contributed by atoms with van der Waals surface area (Å²) in [7, 11) is 1.60. The Morgan fingerprint density at radius 1 is 1.39 bits per heavy atom. The van der Waals surface area contributed by atoms with Gasteiger partial charge in [0.05, 0.1) is 11.3 Å². The SMILES string of the molecule is COC(C)(C)c1noc(-c2cccc(Br)c2N)n1. The minimum Gasteiger partial charge on any atom is -0.397 e. The third-order valence-electron chi connectivity index (χ3n) is 2.76. The Balaban J connectivity index is 2.45. The number of nitrogen functional groups attached to an aromatic ring is 1. The summed E-state index contributed by atoms with van der Waals surface area (Å²) in [5.41, 5.74) is 6.64. The van der Waals surface area contributed by atoms with Crippen LogP contribution in [0.4, 0.5) is 5.69 Å². The van der Waals surface area contributed by atoms with Gasteiger partial charge in [-0.3, -0.25) is 0 Å². The topological polar surface area (TPSA) is 74.2 Å². The number of aromatic nitrogens is 2. The molecule has 6 heteroatoms. The van der Waals surface area contributed by atoms with Gasteiger partial charge in [0.25, 0.3) is 5.89 Å². The predicted molar refractivity (Wildman–Crippen MR) is 71.9 cm³/mol. The first-order valence-corrected chi connectivity index (χ1v) is 6.18. The Hall–Kier alpha value is -1.40. The van der Waals surface area contributed by atoms with Gasteiger partial charge in [0.2, 0.25) is 5.82 Å². The number of rotatable bonds is 3. The molecule has 0 aliphatic rings. The van der Waals surface area contributed by atoms with Crippen LogP contribution in [0.1, 0.15) is 19.7 Å². The van der Waals surface area contributed by atoms with Crippen LogP contribution in [0.3, 0.4) is 0 Å². The van der Waals surface area contributed by atoms with E-state index in [4.69, 9.17) is 15.0 Å². The summed E-state index contributed by atoms with van der Waals surface area (Å²) in [6, 6.07) is 5.55. The molecule has 2 N–H and O–H groups in total. The number of anilines is 1. The maximum absolute atomic E-state index is 5.96. The molecular weight excluding hydrogens is 298 g/mol. The number of nitrogens with zero attached hydrogens (tertiary/aromatic N) is 2. The van der Waals surface area contributed by atoms with Crippen LogP contribution in [0.15, 0.2) is 27.2 Å². The molecule has 0 saturated heterocycles. The molecule has 0 aliphatic carbocycles. The molecule has 5 nitrogen and oxygen atoms in total. The Morgan fingerprint density at radius 3 is 2.78 bits per heavy atom. The quantitative estimate of drug-likeness (QED) is 0.882. The zero-order valence-electron chi connectivity index (χ0n) is 10.4. The van der Waals surface area contributed by atoms with Crippen LogP contribution in [0.25, 0.3) is 11.5 Å². The molecule has 1 aromatic heterocycles. The fraction of sp³-hybridized carbons (Fsp3) is 0.333. The van der Waals surface area contributed by atoms with Crippen molar-refractivity contribution in [3.63, 3.8) is 0 Å². The van der Waals surface area contributed by atoms with Crippen LogP contribution in [-0.4, -0.2) is 17.3 Å². The molecule has 0 aliphatic heterocycles. The van der Waals surface area contributed by atoms with E-state index in [1.54, 1.807) is 7.11 Å². The normalized spacial score (nSPS) is 11.8. The lowest BCUT2D eigenvalue weighted by Crippen LogP contribution is -2.21. The molecule has 0 unspecified atom stereocenters. The summed E-state index contributed by atoms with van der Waals surface area (Å²) < 4.78 is 11.3. The monoisotopic (exact) mass is 311 g/mol. The van der Waals surface area contributed by atoms with Gasteiger partial charge in [-0.05, 0) is 41.9 Å². The number of hydrogen-bond donors (Lipinski definition) is 1. The van der Waals surface area contributed by atoms with E-state index >= 15 is 0 Å². The Kier molecular flexibility index (Phi) is 3.41. The molecule has 2 aromatic rings. The van der Waals surface area contributed by atoms with Crippen molar-refractivity contribution in [1.29, 1.82) is 0 Å². The third-order valence-corrected chi connectivity index (χ3v) is 3.45.